The number of hydrogen-bond acceptors (Lipinski definition) is 7. The number of non-ortho nitro benzene ring substituents is 1. The number of aromatic hydroxyl groups is 1. The lowest BCUT2D eigenvalue weighted by Gasteiger charge is -2.12. The first-order valence-electron chi connectivity index (χ1n) is 7.85. The molecule has 0 aliphatic carbocycles. The predicted molar refractivity (Wildman–Crippen MR) is 107 cm³/mol. The van der Waals surface area contributed by atoms with E-state index in [-0.39, 0.29) is 28.6 Å². The molecule has 0 unspecified atom stereocenters. The number of carbonyl (C=O) groups is 2. The second-order valence-corrected chi connectivity index (χ2v) is 7.65. The standard InChI is InChI=1S/C18H13BrN2O6S/c1-27-14-8-12(19)6-11(16(14)22)7-15-17(23)20(18(24)28-15)9-10-2-4-13(5-3-10)21(25)26/h2-8,22H,9H2,1H3/b15-7-. The molecule has 1 aliphatic rings. The fourth-order valence-electron chi connectivity index (χ4n) is 2.54. The molecule has 0 aromatic heterocycles. The van der Waals surface area contributed by atoms with Gasteiger partial charge in [-0.2, -0.15) is 0 Å². The lowest BCUT2D eigenvalue weighted by atomic mass is 10.1. The van der Waals surface area contributed by atoms with E-state index in [1.54, 1.807) is 12.1 Å². The minimum absolute atomic E-state index is 0.00616. The maximum atomic E-state index is 12.6. The van der Waals surface area contributed by atoms with Gasteiger partial charge in [-0.1, -0.05) is 28.1 Å². The number of nitro groups is 1. The predicted octanol–water partition coefficient (Wildman–Crippen LogP) is 4.31. The molecule has 1 fully saturated rings. The quantitative estimate of drug-likeness (QED) is 0.398. The lowest BCUT2D eigenvalue weighted by Crippen LogP contribution is -2.27. The summed E-state index contributed by atoms with van der Waals surface area (Å²) in [5.74, 6) is -0.426. The first-order chi connectivity index (χ1) is 13.3. The molecule has 10 heteroatoms. The Hall–Kier alpha value is -2.85. The third kappa shape index (κ3) is 4.02. The summed E-state index contributed by atoms with van der Waals surface area (Å²) >= 11 is 4.05. The molecular formula is C18H13BrN2O6S. The summed E-state index contributed by atoms with van der Waals surface area (Å²) < 4.78 is 5.72. The number of benzene rings is 2. The fraction of sp³-hybridized carbons (Fsp3) is 0.111. The molecule has 28 heavy (non-hydrogen) atoms. The summed E-state index contributed by atoms with van der Waals surface area (Å²) in [4.78, 5) is 36.3. The number of nitrogens with zero attached hydrogens (tertiary/aromatic N) is 2. The van der Waals surface area contributed by atoms with E-state index in [1.165, 1.54) is 37.5 Å². The van der Waals surface area contributed by atoms with Crippen molar-refractivity contribution in [3.63, 3.8) is 0 Å². The molecule has 1 heterocycles. The van der Waals surface area contributed by atoms with Crippen LogP contribution in [0.4, 0.5) is 10.5 Å². The number of nitro benzene ring substituents is 1. The molecular weight excluding hydrogens is 452 g/mol. The Balaban J connectivity index is 1.85. The second-order valence-electron chi connectivity index (χ2n) is 5.74. The van der Waals surface area contributed by atoms with E-state index in [1.807, 2.05) is 0 Å². The van der Waals surface area contributed by atoms with Gasteiger partial charge in [-0.05, 0) is 35.5 Å². The molecule has 1 aliphatic heterocycles. The van der Waals surface area contributed by atoms with Gasteiger partial charge in [0.25, 0.3) is 16.8 Å². The molecule has 3 rings (SSSR count). The molecule has 0 spiro atoms. The Morgan fingerprint density at radius 3 is 2.57 bits per heavy atom. The number of phenolic OH excluding ortho intramolecular Hbond substituents is 1. The van der Waals surface area contributed by atoms with Crippen molar-refractivity contribution in [2.75, 3.05) is 7.11 Å². The van der Waals surface area contributed by atoms with Crippen molar-refractivity contribution < 1.29 is 24.4 Å². The van der Waals surface area contributed by atoms with Crippen molar-refractivity contribution in [1.82, 2.24) is 4.90 Å². The number of imide groups is 1. The van der Waals surface area contributed by atoms with Crippen molar-refractivity contribution in [1.29, 1.82) is 0 Å². The van der Waals surface area contributed by atoms with E-state index in [4.69, 9.17) is 4.74 Å². The first-order valence-corrected chi connectivity index (χ1v) is 9.46. The van der Waals surface area contributed by atoms with Gasteiger partial charge in [0.15, 0.2) is 11.5 Å². The van der Waals surface area contributed by atoms with E-state index in [0.29, 0.717) is 15.6 Å². The first kappa shape index (κ1) is 19.9. The van der Waals surface area contributed by atoms with Crippen molar-refractivity contribution in [3.8, 4) is 11.5 Å². The van der Waals surface area contributed by atoms with Crippen LogP contribution in [0.1, 0.15) is 11.1 Å². The number of phenols is 1. The minimum atomic E-state index is -0.522. The van der Waals surface area contributed by atoms with Gasteiger partial charge in [0.05, 0.1) is 23.5 Å². The molecule has 2 aromatic carbocycles. The Bertz CT molecular complexity index is 1010. The number of halogens is 1. The number of methoxy groups -OCH3 is 1. The zero-order valence-corrected chi connectivity index (χ0v) is 16.8. The molecule has 2 amide bonds. The monoisotopic (exact) mass is 464 g/mol. The van der Waals surface area contributed by atoms with Crippen LogP contribution in [0.2, 0.25) is 0 Å². The zero-order valence-electron chi connectivity index (χ0n) is 14.4. The molecule has 2 aromatic rings. The van der Waals surface area contributed by atoms with Crippen LogP contribution in [0.3, 0.4) is 0 Å². The third-order valence-electron chi connectivity index (χ3n) is 3.94. The van der Waals surface area contributed by atoms with Crippen LogP contribution in [0.5, 0.6) is 11.5 Å². The molecule has 0 atom stereocenters. The van der Waals surface area contributed by atoms with Crippen LogP contribution in [-0.2, 0) is 11.3 Å². The Labute approximate surface area is 172 Å². The van der Waals surface area contributed by atoms with Crippen LogP contribution in [0.25, 0.3) is 6.08 Å². The number of rotatable bonds is 5. The highest BCUT2D eigenvalue weighted by Gasteiger charge is 2.35. The van der Waals surface area contributed by atoms with Crippen molar-refractivity contribution >= 4 is 50.6 Å². The highest BCUT2D eigenvalue weighted by Crippen LogP contribution is 2.39. The maximum absolute atomic E-state index is 12.6. The summed E-state index contributed by atoms with van der Waals surface area (Å²) in [6.07, 6.45) is 1.42. The van der Waals surface area contributed by atoms with E-state index in [9.17, 15) is 24.8 Å². The van der Waals surface area contributed by atoms with E-state index in [0.717, 1.165) is 16.7 Å². The molecule has 0 saturated carbocycles. The summed E-state index contributed by atoms with van der Waals surface area (Å²) in [7, 11) is 1.41. The Morgan fingerprint density at radius 1 is 1.29 bits per heavy atom. The van der Waals surface area contributed by atoms with Crippen molar-refractivity contribution in [3.05, 3.63) is 67.0 Å². The molecule has 0 radical (unpaired) electrons. The Morgan fingerprint density at radius 2 is 1.96 bits per heavy atom. The van der Waals surface area contributed by atoms with Crippen molar-refractivity contribution in [2.24, 2.45) is 0 Å². The zero-order chi connectivity index (χ0) is 20.4. The largest absolute Gasteiger partial charge is 0.504 e. The van der Waals surface area contributed by atoms with Crippen LogP contribution in [0, 0.1) is 10.1 Å². The van der Waals surface area contributed by atoms with Crippen LogP contribution < -0.4 is 4.74 Å². The van der Waals surface area contributed by atoms with Gasteiger partial charge in [-0.15, -0.1) is 0 Å². The summed E-state index contributed by atoms with van der Waals surface area (Å²) in [5.41, 5.74) is 0.838. The number of amides is 2. The molecule has 1 saturated heterocycles. The summed E-state index contributed by atoms with van der Waals surface area (Å²) in [6, 6.07) is 8.80. The van der Waals surface area contributed by atoms with Crippen LogP contribution in [0.15, 0.2) is 45.8 Å². The minimum Gasteiger partial charge on any atom is -0.504 e. The van der Waals surface area contributed by atoms with E-state index >= 15 is 0 Å². The van der Waals surface area contributed by atoms with Gasteiger partial charge >= 0.3 is 0 Å². The van der Waals surface area contributed by atoms with Gasteiger partial charge in [0.1, 0.15) is 0 Å². The third-order valence-corrected chi connectivity index (χ3v) is 5.30. The molecule has 144 valence electrons. The second kappa shape index (κ2) is 8.03. The average molecular weight is 465 g/mol. The van der Waals surface area contributed by atoms with Crippen LogP contribution >= 0.6 is 27.7 Å². The highest BCUT2D eigenvalue weighted by molar-refractivity contribution is 9.10. The smallest absolute Gasteiger partial charge is 0.293 e. The number of carbonyl (C=O) groups excluding carboxylic acids is 2. The number of hydrogen-bond donors (Lipinski definition) is 1. The van der Waals surface area contributed by atoms with E-state index in [2.05, 4.69) is 15.9 Å². The topological polar surface area (TPSA) is 110 Å². The molecule has 0 bridgehead atoms. The molecule has 8 nitrogen and oxygen atoms in total. The number of ether oxygens (including phenoxy) is 1. The van der Waals surface area contributed by atoms with Gasteiger partial charge in [-0.3, -0.25) is 24.6 Å². The summed E-state index contributed by atoms with van der Waals surface area (Å²) in [6.45, 7) is -0.00616. The van der Waals surface area contributed by atoms with Crippen molar-refractivity contribution in [2.45, 2.75) is 6.54 Å². The van der Waals surface area contributed by atoms with Gasteiger partial charge in [0, 0.05) is 22.2 Å². The maximum Gasteiger partial charge on any atom is 0.293 e. The molecule has 1 N–H and O–H groups in total. The Kier molecular flexibility index (Phi) is 5.71. The highest BCUT2D eigenvalue weighted by atomic mass is 79.9. The van der Waals surface area contributed by atoms with Gasteiger partial charge < -0.3 is 9.84 Å². The lowest BCUT2D eigenvalue weighted by molar-refractivity contribution is -0.384. The number of thioether (sulfide) groups is 1. The normalized spacial score (nSPS) is 15.4. The van der Waals surface area contributed by atoms with Gasteiger partial charge in [-0.25, -0.2) is 0 Å². The summed E-state index contributed by atoms with van der Waals surface area (Å²) in [5, 5.41) is 20.5. The van der Waals surface area contributed by atoms with Gasteiger partial charge in [0.2, 0.25) is 0 Å². The fourth-order valence-corrected chi connectivity index (χ4v) is 3.83. The average Bonchev–Trinajstić information content (AvgIpc) is 2.92. The van der Waals surface area contributed by atoms with E-state index < -0.39 is 16.1 Å². The SMILES string of the molecule is COc1cc(Br)cc(/C=C2\SC(=O)N(Cc3ccc([N+](=O)[O-])cc3)C2=O)c1O. The van der Waals surface area contributed by atoms with Crippen LogP contribution in [-0.4, -0.2) is 33.2 Å².